The van der Waals surface area contributed by atoms with E-state index in [0.29, 0.717) is 11.8 Å². The monoisotopic (exact) mass is 195 g/mol. The van der Waals surface area contributed by atoms with Gasteiger partial charge in [0.25, 0.3) is 0 Å². The van der Waals surface area contributed by atoms with Crippen molar-refractivity contribution < 1.29 is 4.79 Å². The van der Waals surface area contributed by atoms with Crippen LogP contribution in [0, 0.1) is 5.92 Å². The minimum atomic E-state index is 0.296. The summed E-state index contributed by atoms with van der Waals surface area (Å²) >= 11 is 0. The lowest BCUT2D eigenvalue weighted by Crippen LogP contribution is -2.44. The number of ketones is 1. The zero-order chi connectivity index (χ0) is 9.97. The number of nitrogens with zero attached hydrogens (tertiary/aromatic N) is 1. The molecule has 2 heteroatoms. The van der Waals surface area contributed by atoms with Crippen molar-refractivity contribution in [3.8, 4) is 0 Å². The number of Topliss-reactive ketones (excluding diaryl/α,β-unsaturated/α-hetero) is 1. The molecule has 14 heavy (non-hydrogen) atoms. The molecule has 2 rings (SSSR count). The molecule has 0 spiro atoms. The molecule has 80 valence electrons. The molecule has 0 aromatic carbocycles. The Balaban J connectivity index is 1.93. The lowest BCUT2D eigenvalue weighted by molar-refractivity contribution is -0.122. The van der Waals surface area contributed by atoms with Crippen LogP contribution < -0.4 is 0 Å². The maximum atomic E-state index is 11.6. The average molecular weight is 195 g/mol. The fourth-order valence-electron chi connectivity index (χ4n) is 2.90. The Bertz CT molecular complexity index is 214. The molecule has 0 aromatic rings. The molecule has 2 fully saturated rings. The number of carbonyl (C=O) groups is 1. The third-order valence-electron chi connectivity index (χ3n) is 3.84. The highest BCUT2D eigenvalue weighted by Crippen LogP contribution is 2.26. The van der Waals surface area contributed by atoms with Crippen LogP contribution in [0.5, 0.6) is 0 Å². The van der Waals surface area contributed by atoms with Crippen molar-refractivity contribution in [1.29, 1.82) is 0 Å². The SMILES string of the molecule is CCC1CCCN(C2CCCC2=O)C1. The zero-order valence-electron chi connectivity index (χ0n) is 9.17. The summed E-state index contributed by atoms with van der Waals surface area (Å²) in [5.41, 5.74) is 0. The molecule has 2 aliphatic rings. The van der Waals surface area contributed by atoms with Crippen molar-refractivity contribution in [2.75, 3.05) is 13.1 Å². The smallest absolute Gasteiger partial charge is 0.149 e. The third-order valence-corrected chi connectivity index (χ3v) is 3.84. The molecule has 2 unspecified atom stereocenters. The summed E-state index contributed by atoms with van der Waals surface area (Å²) in [7, 11) is 0. The number of likely N-dealkylation sites (tertiary alicyclic amines) is 1. The van der Waals surface area contributed by atoms with Crippen molar-refractivity contribution in [3.63, 3.8) is 0 Å². The van der Waals surface area contributed by atoms with Gasteiger partial charge in [0.2, 0.25) is 0 Å². The molecule has 2 nitrogen and oxygen atoms in total. The molecule has 1 aliphatic heterocycles. The summed E-state index contributed by atoms with van der Waals surface area (Å²) in [6.07, 6.45) is 7.01. The van der Waals surface area contributed by atoms with Crippen LogP contribution in [0.2, 0.25) is 0 Å². The highest BCUT2D eigenvalue weighted by molar-refractivity contribution is 5.85. The van der Waals surface area contributed by atoms with Gasteiger partial charge in [0.05, 0.1) is 6.04 Å². The first-order chi connectivity index (χ1) is 6.81. The maximum absolute atomic E-state index is 11.6. The van der Waals surface area contributed by atoms with E-state index in [9.17, 15) is 4.79 Å². The van der Waals surface area contributed by atoms with Gasteiger partial charge in [0, 0.05) is 13.0 Å². The topological polar surface area (TPSA) is 20.3 Å². The second-order valence-electron chi connectivity index (χ2n) is 4.79. The molecule has 1 saturated heterocycles. The first kappa shape index (κ1) is 10.2. The predicted molar refractivity (Wildman–Crippen MR) is 57.2 cm³/mol. The van der Waals surface area contributed by atoms with E-state index >= 15 is 0 Å². The van der Waals surface area contributed by atoms with E-state index in [2.05, 4.69) is 11.8 Å². The summed E-state index contributed by atoms with van der Waals surface area (Å²) in [6, 6.07) is 0.296. The van der Waals surface area contributed by atoms with Gasteiger partial charge in [-0.1, -0.05) is 13.3 Å². The Morgan fingerprint density at radius 2 is 2.21 bits per heavy atom. The van der Waals surface area contributed by atoms with E-state index in [4.69, 9.17) is 0 Å². The zero-order valence-corrected chi connectivity index (χ0v) is 9.17. The second kappa shape index (κ2) is 4.43. The van der Waals surface area contributed by atoms with Crippen LogP contribution in [0.4, 0.5) is 0 Å². The molecule has 0 N–H and O–H groups in total. The normalized spacial score (nSPS) is 35.1. The highest BCUT2D eigenvalue weighted by Gasteiger charge is 2.32. The number of hydrogen-bond donors (Lipinski definition) is 0. The van der Waals surface area contributed by atoms with Crippen molar-refractivity contribution in [2.45, 2.75) is 51.5 Å². The van der Waals surface area contributed by atoms with Gasteiger partial charge >= 0.3 is 0 Å². The first-order valence-corrected chi connectivity index (χ1v) is 6.08. The third kappa shape index (κ3) is 2.00. The Labute approximate surface area is 86.7 Å². The van der Waals surface area contributed by atoms with Gasteiger partial charge in [-0.15, -0.1) is 0 Å². The summed E-state index contributed by atoms with van der Waals surface area (Å²) in [5.74, 6) is 1.35. The highest BCUT2D eigenvalue weighted by atomic mass is 16.1. The van der Waals surface area contributed by atoms with Gasteiger partial charge < -0.3 is 0 Å². The van der Waals surface area contributed by atoms with E-state index < -0.39 is 0 Å². The van der Waals surface area contributed by atoms with Gasteiger partial charge in [-0.25, -0.2) is 0 Å². The van der Waals surface area contributed by atoms with Crippen LogP contribution in [0.25, 0.3) is 0 Å². The van der Waals surface area contributed by atoms with Gasteiger partial charge in [0.15, 0.2) is 0 Å². The fraction of sp³-hybridized carbons (Fsp3) is 0.917. The van der Waals surface area contributed by atoms with Crippen molar-refractivity contribution in [3.05, 3.63) is 0 Å². The van der Waals surface area contributed by atoms with Crippen LogP contribution >= 0.6 is 0 Å². The molecule has 0 aromatic heterocycles. The van der Waals surface area contributed by atoms with Gasteiger partial charge in [0.1, 0.15) is 5.78 Å². The Hall–Kier alpha value is -0.370. The summed E-state index contributed by atoms with van der Waals surface area (Å²) in [4.78, 5) is 14.1. The van der Waals surface area contributed by atoms with E-state index in [1.165, 1.54) is 25.8 Å². The minimum Gasteiger partial charge on any atom is -0.298 e. The molecule has 1 aliphatic carbocycles. The lowest BCUT2D eigenvalue weighted by atomic mass is 9.94. The average Bonchev–Trinajstić information content (AvgIpc) is 2.65. The van der Waals surface area contributed by atoms with E-state index in [1.807, 2.05) is 0 Å². The second-order valence-corrected chi connectivity index (χ2v) is 4.79. The van der Waals surface area contributed by atoms with Crippen LogP contribution in [0.3, 0.4) is 0 Å². The standard InChI is InChI=1S/C12H21NO/c1-2-10-5-4-8-13(9-10)11-6-3-7-12(11)14/h10-11H,2-9H2,1H3. The van der Waals surface area contributed by atoms with E-state index in [0.717, 1.165) is 31.7 Å². The van der Waals surface area contributed by atoms with Gasteiger partial charge in [-0.05, 0) is 38.1 Å². The van der Waals surface area contributed by atoms with E-state index in [-0.39, 0.29) is 0 Å². The Morgan fingerprint density at radius 1 is 1.36 bits per heavy atom. The Morgan fingerprint density at radius 3 is 2.86 bits per heavy atom. The van der Waals surface area contributed by atoms with Crippen LogP contribution in [0.15, 0.2) is 0 Å². The van der Waals surface area contributed by atoms with Crippen LogP contribution in [0.1, 0.15) is 45.4 Å². The predicted octanol–water partition coefficient (Wildman–Crippen LogP) is 2.23. The molecular formula is C12H21NO. The largest absolute Gasteiger partial charge is 0.298 e. The molecule has 1 heterocycles. The van der Waals surface area contributed by atoms with Gasteiger partial charge in [-0.3, -0.25) is 9.69 Å². The van der Waals surface area contributed by atoms with E-state index in [1.54, 1.807) is 0 Å². The Kier molecular flexibility index (Phi) is 3.22. The lowest BCUT2D eigenvalue weighted by Gasteiger charge is -2.35. The molecule has 2 atom stereocenters. The number of hydrogen-bond acceptors (Lipinski definition) is 2. The number of carbonyl (C=O) groups excluding carboxylic acids is 1. The molecule has 0 bridgehead atoms. The molecule has 0 amide bonds. The van der Waals surface area contributed by atoms with Crippen molar-refractivity contribution in [1.82, 2.24) is 4.90 Å². The number of piperidine rings is 1. The quantitative estimate of drug-likeness (QED) is 0.673. The maximum Gasteiger partial charge on any atom is 0.149 e. The van der Waals surface area contributed by atoms with Crippen LogP contribution in [-0.2, 0) is 4.79 Å². The summed E-state index contributed by atoms with van der Waals surface area (Å²) < 4.78 is 0. The summed E-state index contributed by atoms with van der Waals surface area (Å²) in [6.45, 7) is 4.60. The first-order valence-electron chi connectivity index (χ1n) is 6.08. The molecule has 1 saturated carbocycles. The molecular weight excluding hydrogens is 174 g/mol. The van der Waals surface area contributed by atoms with Crippen molar-refractivity contribution in [2.24, 2.45) is 5.92 Å². The minimum absolute atomic E-state index is 0.296. The fourth-order valence-corrected chi connectivity index (χ4v) is 2.90. The van der Waals surface area contributed by atoms with Crippen molar-refractivity contribution >= 4 is 5.78 Å². The number of rotatable bonds is 2. The molecule has 0 radical (unpaired) electrons. The van der Waals surface area contributed by atoms with Crippen LogP contribution in [-0.4, -0.2) is 29.8 Å². The summed E-state index contributed by atoms with van der Waals surface area (Å²) in [5, 5.41) is 0. The van der Waals surface area contributed by atoms with Gasteiger partial charge in [-0.2, -0.15) is 0 Å².